The minimum absolute atomic E-state index is 0.126. The van der Waals surface area contributed by atoms with E-state index in [1.165, 1.54) is 0 Å². The summed E-state index contributed by atoms with van der Waals surface area (Å²) in [6.45, 7) is 0. The van der Waals surface area contributed by atoms with Crippen LogP contribution in [0.1, 0.15) is 6.23 Å². The first-order valence-corrected chi connectivity index (χ1v) is 4.87. The van der Waals surface area contributed by atoms with Gasteiger partial charge < -0.3 is 25.8 Å². The maximum absolute atomic E-state index is 11.4. The van der Waals surface area contributed by atoms with Gasteiger partial charge in [-0.1, -0.05) is 0 Å². The molecule has 18 heavy (non-hydrogen) atoms. The largest absolute Gasteiger partial charge is 0.479 e. The number of carboxylic acids is 1. The number of aliphatic carboxylic acids is 1. The van der Waals surface area contributed by atoms with Crippen LogP contribution in [0.3, 0.4) is 0 Å². The topological polar surface area (TPSA) is 161 Å². The molecule has 1 saturated heterocycles. The second-order valence-corrected chi connectivity index (χ2v) is 3.68. The predicted octanol–water partition coefficient (Wildman–Crippen LogP) is -3.08. The Morgan fingerprint density at radius 3 is 2.61 bits per heavy atom. The van der Waals surface area contributed by atoms with Gasteiger partial charge in [-0.3, -0.25) is 0 Å². The van der Waals surface area contributed by atoms with E-state index in [0.29, 0.717) is 4.68 Å². The van der Waals surface area contributed by atoms with Crippen LogP contribution in [0.5, 0.6) is 0 Å². The quantitative estimate of drug-likeness (QED) is 0.431. The van der Waals surface area contributed by atoms with Crippen molar-refractivity contribution in [1.82, 2.24) is 14.8 Å². The Morgan fingerprint density at radius 1 is 1.44 bits per heavy atom. The molecule has 0 unspecified atom stereocenters. The number of hydrogen-bond donors (Lipinski definition) is 4. The van der Waals surface area contributed by atoms with Crippen molar-refractivity contribution in [2.24, 2.45) is 0 Å². The SMILES string of the molecule is Nc1cnn([C@@H]2O[C@H](C(=O)O)[C@@H](O)[C@H]2O)c(=O)n1. The number of aliphatic hydroxyl groups excluding tert-OH is 2. The fraction of sp³-hybridized carbons (Fsp3) is 0.500. The normalized spacial score (nSPS) is 31.4. The van der Waals surface area contributed by atoms with Gasteiger partial charge in [0.05, 0.1) is 6.20 Å². The first-order chi connectivity index (χ1) is 8.41. The van der Waals surface area contributed by atoms with E-state index in [9.17, 15) is 19.8 Å². The number of nitrogen functional groups attached to an aromatic ring is 1. The molecule has 1 aromatic heterocycles. The van der Waals surface area contributed by atoms with Crippen LogP contribution in [0.15, 0.2) is 11.0 Å². The number of aromatic nitrogens is 3. The van der Waals surface area contributed by atoms with E-state index in [2.05, 4.69) is 10.1 Å². The number of nitrogens with zero attached hydrogens (tertiary/aromatic N) is 3. The zero-order valence-electron chi connectivity index (χ0n) is 8.87. The molecule has 1 aromatic rings. The molecule has 1 aliphatic rings. The second kappa shape index (κ2) is 4.33. The van der Waals surface area contributed by atoms with Gasteiger partial charge in [0.1, 0.15) is 18.0 Å². The number of carbonyl (C=O) groups is 1. The van der Waals surface area contributed by atoms with Crippen molar-refractivity contribution in [3.8, 4) is 0 Å². The van der Waals surface area contributed by atoms with E-state index >= 15 is 0 Å². The molecule has 10 nitrogen and oxygen atoms in total. The van der Waals surface area contributed by atoms with Crippen LogP contribution in [-0.4, -0.2) is 54.4 Å². The molecule has 5 N–H and O–H groups in total. The molecular formula is C8H10N4O6. The fourth-order valence-electron chi connectivity index (χ4n) is 1.60. The number of aliphatic hydroxyl groups is 2. The molecule has 10 heteroatoms. The highest BCUT2D eigenvalue weighted by molar-refractivity contribution is 5.73. The van der Waals surface area contributed by atoms with Crippen molar-refractivity contribution < 1.29 is 24.9 Å². The molecule has 0 saturated carbocycles. The molecule has 0 radical (unpaired) electrons. The number of hydrogen-bond acceptors (Lipinski definition) is 8. The molecule has 0 aliphatic carbocycles. The average Bonchev–Trinajstić information content (AvgIpc) is 2.57. The summed E-state index contributed by atoms with van der Waals surface area (Å²) in [6, 6.07) is 0. The molecule has 0 spiro atoms. The second-order valence-electron chi connectivity index (χ2n) is 3.68. The van der Waals surface area contributed by atoms with E-state index in [1.54, 1.807) is 0 Å². The minimum Gasteiger partial charge on any atom is -0.479 e. The predicted molar refractivity (Wildman–Crippen MR) is 54.3 cm³/mol. The lowest BCUT2D eigenvalue weighted by Crippen LogP contribution is -2.38. The summed E-state index contributed by atoms with van der Waals surface area (Å²) in [5, 5.41) is 31.4. The van der Waals surface area contributed by atoms with Crippen LogP contribution in [0.4, 0.5) is 5.82 Å². The van der Waals surface area contributed by atoms with Crippen molar-refractivity contribution >= 4 is 11.8 Å². The molecule has 2 rings (SSSR count). The lowest BCUT2D eigenvalue weighted by atomic mass is 10.1. The van der Waals surface area contributed by atoms with E-state index in [1.807, 2.05) is 0 Å². The summed E-state index contributed by atoms with van der Waals surface area (Å²) < 4.78 is 5.49. The fourth-order valence-corrected chi connectivity index (χ4v) is 1.60. The monoisotopic (exact) mass is 258 g/mol. The highest BCUT2D eigenvalue weighted by Crippen LogP contribution is 2.27. The van der Waals surface area contributed by atoms with Crippen LogP contribution in [0.2, 0.25) is 0 Å². The Morgan fingerprint density at radius 2 is 2.11 bits per heavy atom. The van der Waals surface area contributed by atoms with Gasteiger partial charge in [0.25, 0.3) is 0 Å². The number of carboxylic acid groups (broad SMARTS) is 1. The lowest BCUT2D eigenvalue weighted by molar-refractivity contribution is -0.155. The van der Waals surface area contributed by atoms with Crippen LogP contribution >= 0.6 is 0 Å². The maximum atomic E-state index is 11.4. The van der Waals surface area contributed by atoms with Gasteiger partial charge in [-0.25, -0.2) is 9.59 Å². The smallest absolute Gasteiger partial charge is 0.368 e. The number of rotatable bonds is 2. The van der Waals surface area contributed by atoms with Crippen molar-refractivity contribution in [2.75, 3.05) is 5.73 Å². The number of nitrogens with two attached hydrogens (primary N) is 1. The van der Waals surface area contributed by atoms with Gasteiger partial charge in [-0.05, 0) is 0 Å². The standard InChI is InChI=1S/C8H10N4O6/c9-2-1-10-12(8(17)11-2)6-4(14)3(13)5(18-6)7(15)16/h1,3-6,13-14H,(H,15,16)(H2,9,11,17)/t3-,4+,5-,6+/m0/s1. The third-order valence-corrected chi connectivity index (χ3v) is 2.46. The van der Waals surface area contributed by atoms with Gasteiger partial charge >= 0.3 is 11.7 Å². The van der Waals surface area contributed by atoms with Crippen LogP contribution in [0, 0.1) is 0 Å². The molecular weight excluding hydrogens is 248 g/mol. The summed E-state index contributed by atoms with van der Waals surface area (Å²) in [4.78, 5) is 25.5. The third-order valence-electron chi connectivity index (χ3n) is 2.46. The van der Waals surface area contributed by atoms with Gasteiger partial charge in [0.15, 0.2) is 12.3 Å². The Hall–Kier alpha value is -2.04. The van der Waals surface area contributed by atoms with Gasteiger partial charge in [-0.15, -0.1) is 0 Å². The van der Waals surface area contributed by atoms with Gasteiger partial charge in [-0.2, -0.15) is 14.8 Å². The Bertz CT molecular complexity index is 531. The van der Waals surface area contributed by atoms with Crippen LogP contribution < -0.4 is 11.4 Å². The molecule has 2 heterocycles. The first kappa shape index (κ1) is 12.4. The Kier molecular flexibility index (Phi) is 2.98. The molecule has 98 valence electrons. The van der Waals surface area contributed by atoms with Crippen LogP contribution in [0.25, 0.3) is 0 Å². The van der Waals surface area contributed by atoms with Gasteiger partial charge in [0.2, 0.25) is 0 Å². The Labute approximate surface area is 99.2 Å². The highest BCUT2D eigenvalue weighted by Gasteiger charge is 2.48. The Balaban J connectivity index is 2.35. The van der Waals surface area contributed by atoms with Gasteiger partial charge in [0, 0.05) is 0 Å². The summed E-state index contributed by atoms with van der Waals surface area (Å²) in [5.41, 5.74) is 4.31. The zero-order chi connectivity index (χ0) is 13.4. The molecule has 0 aromatic carbocycles. The van der Waals surface area contributed by atoms with Crippen molar-refractivity contribution in [3.63, 3.8) is 0 Å². The highest BCUT2D eigenvalue weighted by atomic mass is 16.6. The summed E-state index contributed by atoms with van der Waals surface area (Å²) in [5.74, 6) is -1.58. The van der Waals surface area contributed by atoms with Crippen molar-refractivity contribution in [2.45, 2.75) is 24.5 Å². The summed E-state index contributed by atoms with van der Waals surface area (Å²) in [7, 11) is 0. The molecule has 1 aliphatic heterocycles. The molecule has 1 fully saturated rings. The van der Waals surface area contributed by atoms with E-state index in [-0.39, 0.29) is 5.82 Å². The zero-order valence-corrected chi connectivity index (χ0v) is 8.87. The maximum Gasteiger partial charge on any atom is 0.368 e. The molecule has 0 amide bonds. The van der Waals surface area contributed by atoms with E-state index in [0.717, 1.165) is 6.20 Å². The van der Waals surface area contributed by atoms with E-state index in [4.69, 9.17) is 15.6 Å². The van der Waals surface area contributed by atoms with Crippen LogP contribution in [-0.2, 0) is 9.53 Å². The number of ether oxygens (including phenoxy) is 1. The molecule has 0 bridgehead atoms. The van der Waals surface area contributed by atoms with Crippen molar-refractivity contribution in [3.05, 3.63) is 16.7 Å². The first-order valence-electron chi connectivity index (χ1n) is 4.87. The summed E-state index contributed by atoms with van der Waals surface area (Å²) >= 11 is 0. The van der Waals surface area contributed by atoms with E-state index < -0.39 is 36.2 Å². The van der Waals surface area contributed by atoms with Crippen molar-refractivity contribution in [1.29, 1.82) is 0 Å². The number of anilines is 1. The average molecular weight is 258 g/mol. The molecule has 4 atom stereocenters. The minimum atomic E-state index is -1.67. The summed E-state index contributed by atoms with van der Waals surface area (Å²) in [6.07, 6.45) is -5.31. The lowest BCUT2D eigenvalue weighted by Gasteiger charge is -2.14. The third kappa shape index (κ3) is 1.92.